The Morgan fingerprint density at radius 2 is 1.89 bits per heavy atom. The minimum Gasteiger partial charge on any atom is -0.333 e. The third-order valence-electron chi connectivity index (χ3n) is 4.64. The summed E-state index contributed by atoms with van der Waals surface area (Å²) in [6.07, 6.45) is 0.843. The number of rotatable bonds is 3. The molecule has 4 rings (SSSR count). The molecule has 1 aliphatic rings. The van der Waals surface area contributed by atoms with Crippen LogP contribution in [-0.2, 0) is 13.0 Å². The molecule has 0 fully saturated rings. The zero-order valence-corrected chi connectivity index (χ0v) is 16.3. The van der Waals surface area contributed by atoms with Crippen molar-refractivity contribution in [3.63, 3.8) is 0 Å². The maximum Gasteiger partial charge on any atom is 0.325 e. The van der Waals surface area contributed by atoms with Gasteiger partial charge in [0.2, 0.25) is 0 Å². The fourth-order valence-electron chi connectivity index (χ4n) is 3.24. The van der Waals surface area contributed by atoms with Gasteiger partial charge in [-0.05, 0) is 42.2 Å². The van der Waals surface area contributed by atoms with Gasteiger partial charge in [0.1, 0.15) is 5.69 Å². The molecule has 3 aromatic rings. The molecule has 1 aliphatic heterocycles. The van der Waals surface area contributed by atoms with E-state index in [-0.39, 0.29) is 11.9 Å². The van der Waals surface area contributed by atoms with Crippen molar-refractivity contribution in [3.05, 3.63) is 76.3 Å². The van der Waals surface area contributed by atoms with Crippen LogP contribution in [0.25, 0.3) is 0 Å². The molecular weight excluding hydrogens is 372 g/mol. The van der Waals surface area contributed by atoms with E-state index in [0.29, 0.717) is 29.6 Å². The van der Waals surface area contributed by atoms with Crippen molar-refractivity contribution in [1.82, 2.24) is 9.88 Å². The molecule has 0 saturated heterocycles. The lowest BCUT2D eigenvalue weighted by Crippen LogP contribution is -2.36. The van der Waals surface area contributed by atoms with Crippen LogP contribution >= 0.6 is 11.3 Å². The molecule has 2 heterocycles. The number of aryl methyl sites for hydroxylation is 1. The van der Waals surface area contributed by atoms with Crippen molar-refractivity contribution in [2.24, 2.45) is 0 Å². The second kappa shape index (κ2) is 7.82. The Kier molecular flexibility index (Phi) is 5.08. The van der Waals surface area contributed by atoms with Gasteiger partial charge in [-0.15, -0.1) is 11.3 Å². The van der Waals surface area contributed by atoms with Crippen LogP contribution in [0.5, 0.6) is 0 Å². The van der Waals surface area contributed by atoms with Gasteiger partial charge in [-0.1, -0.05) is 36.4 Å². The number of fused-ring (bicyclic) bond motifs is 1. The number of nitrogens with zero attached hydrogens (tertiary/aromatic N) is 2. The Bertz CT molecular complexity index is 1030. The van der Waals surface area contributed by atoms with E-state index in [1.54, 1.807) is 10.3 Å². The maximum absolute atomic E-state index is 12.8. The van der Waals surface area contributed by atoms with Crippen molar-refractivity contribution < 1.29 is 9.59 Å². The summed E-state index contributed by atoms with van der Waals surface area (Å²) in [7, 11) is 0. The maximum atomic E-state index is 12.8. The fourth-order valence-corrected chi connectivity index (χ4v) is 3.92. The quantitative estimate of drug-likeness (QED) is 0.698. The molecule has 28 heavy (non-hydrogen) atoms. The first-order valence-electron chi connectivity index (χ1n) is 9.05. The van der Waals surface area contributed by atoms with Gasteiger partial charge in [0.15, 0.2) is 5.13 Å². The van der Waals surface area contributed by atoms with Crippen molar-refractivity contribution >= 4 is 34.1 Å². The van der Waals surface area contributed by atoms with Crippen LogP contribution < -0.4 is 10.6 Å². The van der Waals surface area contributed by atoms with E-state index < -0.39 is 0 Å². The van der Waals surface area contributed by atoms with Crippen LogP contribution in [0.1, 0.15) is 27.2 Å². The number of carbonyl (C=O) groups is 2. The van der Waals surface area contributed by atoms with E-state index in [4.69, 9.17) is 0 Å². The summed E-state index contributed by atoms with van der Waals surface area (Å²) in [6, 6.07) is 15.3. The van der Waals surface area contributed by atoms with Gasteiger partial charge in [0.25, 0.3) is 5.91 Å². The molecule has 6 nitrogen and oxygen atoms in total. The Balaban J connectivity index is 1.39. The normalized spacial score (nSPS) is 13.0. The number of anilines is 2. The summed E-state index contributed by atoms with van der Waals surface area (Å²) in [4.78, 5) is 31.0. The standard InChI is InChI=1S/C21H20N4O2S/c1-14-5-4-8-17(11-14)22-20(27)24-21-23-18(13-28-21)19(26)25-10-9-15-6-2-3-7-16(15)12-25/h2-8,11,13H,9-10,12H2,1H3,(H2,22,23,24,27). The molecule has 0 spiro atoms. The van der Waals surface area contributed by atoms with Crippen molar-refractivity contribution in [2.45, 2.75) is 19.9 Å². The number of hydrogen-bond acceptors (Lipinski definition) is 4. The zero-order valence-electron chi connectivity index (χ0n) is 15.4. The lowest BCUT2D eigenvalue weighted by Gasteiger charge is -2.28. The van der Waals surface area contributed by atoms with E-state index in [1.165, 1.54) is 22.5 Å². The topological polar surface area (TPSA) is 74.3 Å². The predicted octanol–water partition coefficient (Wildman–Crippen LogP) is 4.29. The van der Waals surface area contributed by atoms with E-state index >= 15 is 0 Å². The Morgan fingerprint density at radius 3 is 2.71 bits per heavy atom. The van der Waals surface area contributed by atoms with E-state index in [1.807, 2.05) is 43.3 Å². The van der Waals surface area contributed by atoms with E-state index in [2.05, 4.69) is 27.8 Å². The van der Waals surface area contributed by atoms with Gasteiger partial charge >= 0.3 is 6.03 Å². The number of aromatic nitrogens is 1. The monoisotopic (exact) mass is 392 g/mol. The van der Waals surface area contributed by atoms with Gasteiger partial charge in [0, 0.05) is 24.2 Å². The molecule has 0 bridgehead atoms. The van der Waals surface area contributed by atoms with Crippen LogP contribution in [0.4, 0.5) is 15.6 Å². The molecule has 0 radical (unpaired) electrons. The SMILES string of the molecule is Cc1cccc(NC(=O)Nc2nc(C(=O)N3CCc4ccccc4C3)cs2)c1. The second-order valence-electron chi connectivity index (χ2n) is 6.73. The van der Waals surface area contributed by atoms with Crippen LogP contribution in [-0.4, -0.2) is 28.4 Å². The van der Waals surface area contributed by atoms with Crippen LogP contribution in [0.15, 0.2) is 53.9 Å². The van der Waals surface area contributed by atoms with Crippen molar-refractivity contribution in [1.29, 1.82) is 0 Å². The van der Waals surface area contributed by atoms with E-state index in [0.717, 1.165) is 12.0 Å². The molecule has 1 aromatic heterocycles. The predicted molar refractivity (Wildman–Crippen MR) is 111 cm³/mol. The largest absolute Gasteiger partial charge is 0.333 e. The number of amides is 3. The summed E-state index contributed by atoms with van der Waals surface area (Å²) in [6.45, 7) is 3.22. The van der Waals surface area contributed by atoms with Gasteiger partial charge in [-0.25, -0.2) is 9.78 Å². The smallest absolute Gasteiger partial charge is 0.325 e. The van der Waals surface area contributed by atoms with E-state index in [9.17, 15) is 9.59 Å². The molecule has 0 saturated carbocycles. The molecule has 0 aliphatic carbocycles. The molecule has 3 amide bonds. The number of nitrogens with one attached hydrogen (secondary N) is 2. The highest BCUT2D eigenvalue weighted by Gasteiger charge is 2.23. The Morgan fingerprint density at radius 1 is 1.07 bits per heavy atom. The number of thiazole rings is 1. The highest BCUT2D eigenvalue weighted by molar-refractivity contribution is 7.14. The molecule has 7 heteroatoms. The van der Waals surface area contributed by atoms with Gasteiger partial charge in [-0.3, -0.25) is 10.1 Å². The van der Waals surface area contributed by atoms with Crippen LogP contribution in [0.2, 0.25) is 0 Å². The molecular formula is C21H20N4O2S. The average Bonchev–Trinajstić information content (AvgIpc) is 3.15. The fraction of sp³-hybridized carbons (Fsp3) is 0.190. The van der Waals surface area contributed by atoms with Gasteiger partial charge in [0.05, 0.1) is 0 Å². The lowest BCUT2D eigenvalue weighted by atomic mass is 10.00. The Hall–Kier alpha value is -3.19. The minimum atomic E-state index is -0.383. The first-order valence-corrected chi connectivity index (χ1v) is 9.93. The molecule has 0 unspecified atom stereocenters. The average molecular weight is 392 g/mol. The lowest BCUT2D eigenvalue weighted by molar-refractivity contribution is 0.0729. The first kappa shape index (κ1) is 18.2. The highest BCUT2D eigenvalue weighted by Crippen LogP contribution is 2.22. The Labute approximate surface area is 167 Å². The molecule has 2 aromatic carbocycles. The minimum absolute atomic E-state index is 0.113. The summed E-state index contributed by atoms with van der Waals surface area (Å²) < 4.78 is 0. The second-order valence-corrected chi connectivity index (χ2v) is 7.59. The number of urea groups is 1. The molecule has 0 atom stereocenters. The molecule has 2 N–H and O–H groups in total. The number of carbonyl (C=O) groups excluding carboxylic acids is 2. The number of hydrogen-bond donors (Lipinski definition) is 2. The highest BCUT2D eigenvalue weighted by atomic mass is 32.1. The van der Waals surface area contributed by atoms with Gasteiger partial charge in [-0.2, -0.15) is 0 Å². The molecule has 142 valence electrons. The summed E-state index contributed by atoms with van der Waals surface area (Å²) in [5.74, 6) is -0.113. The summed E-state index contributed by atoms with van der Waals surface area (Å²) in [5, 5.41) is 7.54. The van der Waals surface area contributed by atoms with Gasteiger partial charge < -0.3 is 10.2 Å². The van der Waals surface area contributed by atoms with Crippen LogP contribution in [0, 0.1) is 6.92 Å². The summed E-state index contributed by atoms with van der Waals surface area (Å²) in [5.41, 5.74) is 4.59. The third kappa shape index (κ3) is 4.04. The van der Waals surface area contributed by atoms with Crippen molar-refractivity contribution in [3.8, 4) is 0 Å². The third-order valence-corrected chi connectivity index (χ3v) is 5.40. The van der Waals surface area contributed by atoms with Crippen LogP contribution in [0.3, 0.4) is 0 Å². The van der Waals surface area contributed by atoms with Crippen molar-refractivity contribution in [2.75, 3.05) is 17.2 Å². The number of benzene rings is 2. The zero-order chi connectivity index (χ0) is 19.5. The summed E-state index contributed by atoms with van der Waals surface area (Å²) >= 11 is 1.24. The first-order chi connectivity index (χ1) is 13.6.